The maximum atomic E-state index is 6.37. The van der Waals surface area contributed by atoms with E-state index in [0.717, 1.165) is 28.7 Å². The van der Waals surface area contributed by atoms with Crippen LogP contribution < -0.4 is 5.32 Å². The molecule has 1 aromatic heterocycles. The van der Waals surface area contributed by atoms with Gasteiger partial charge in [0, 0.05) is 11.9 Å². The molecule has 0 radical (unpaired) electrons. The molecule has 3 rings (SSSR count). The van der Waals surface area contributed by atoms with Crippen LogP contribution in [-0.2, 0) is 6.54 Å². The lowest BCUT2D eigenvalue weighted by Gasteiger charge is -2.12. The molecule has 0 amide bonds. The highest BCUT2D eigenvalue weighted by Crippen LogP contribution is 2.27. The number of benzene rings is 2. The second kappa shape index (κ2) is 5.03. The predicted octanol–water partition coefficient (Wildman–Crippen LogP) is 3.40. The molecule has 0 spiro atoms. The van der Waals surface area contributed by atoms with Crippen LogP contribution in [0.1, 0.15) is 5.56 Å². The van der Waals surface area contributed by atoms with Crippen LogP contribution in [0.4, 0.5) is 0 Å². The monoisotopic (exact) mass is 271 g/mol. The van der Waals surface area contributed by atoms with Gasteiger partial charge in [-0.2, -0.15) is 5.10 Å². The maximum Gasteiger partial charge on any atom is 0.0883 e. The summed E-state index contributed by atoms with van der Waals surface area (Å²) in [4.78, 5) is 0. The standard InChI is InChI=1S/C15H14ClN3/c1-17-9-12-6-4-7-13(16)15(12)19-14-8-3-2-5-11(14)10-18-19/h2-8,10,17H,9H2,1H3. The van der Waals surface area contributed by atoms with E-state index < -0.39 is 0 Å². The molecule has 0 aliphatic carbocycles. The number of fused-ring (bicyclic) bond motifs is 1. The Morgan fingerprint density at radius 1 is 1.16 bits per heavy atom. The van der Waals surface area contributed by atoms with E-state index in [1.54, 1.807) is 0 Å². The summed E-state index contributed by atoms with van der Waals surface area (Å²) < 4.78 is 1.91. The molecule has 2 aromatic carbocycles. The third-order valence-electron chi connectivity index (χ3n) is 3.13. The minimum absolute atomic E-state index is 0.710. The van der Waals surface area contributed by atoms with Crippen LogP contribution in [0, 0.1) is 0 Å². The number of hydrogen-bond donors (Lipinski definition) is 1. The Hall–Kier alpha value is -1.84. The highest BCUT2D eigenvalue weighted by molar-refractivity contribution is 6.32. The van der Waals surface area contributed by atoms with Crippen molar-refractivity contribution in [2.75, 3.05) is 7.05 Å². The summed E-state index contributed by atoms with van der Waals surface area (Å²) in [6.45, 7) is 0.754. The maximum absolute atomic E-state index is 6.37. The predicted molar refractivity (Wildman–Crippen MR) is 78.8 cm³/mol. The molecule has 0 atom stereocenters. The van der Waals surface area contributed by atoms with Gasteiger partial charge in [0.25, 0.3) is 0 Å². The van der Waals surface area contributed by atoms with E-state index in [1.165, 1.54) is 0 Å². The third-order valence-corrected chi connectivity index (χ3v) is 3.43. The molecule has 96 valence electrons. The first-order chi connectivity index (χ1) is 9.31. The van der Waals surface area contributed by atoms with Crippen LogP contribution >= 0.6 is 11.6 Å². The van der Waals surface area contributed by atoms with Gasteiger partial charge in [-0.05, 0) is 24.7 Å². The summed E-state index contributed by atoms with van der Waals surface area (Å²) in [7, 11) is 1.92. The van der Waals surface area contributed by atoms with Crippen molar-refractivity contribution in [1.82, 2.24) is 15.1 Å². The molecule has 1 heterocycles. The van der Waals surface area contributed by atoms with Crippen LogP contribution in [0.5, 0.6) is 0 Å². The quantitative estimate of drug-likeness (QED) is 0.791. The van der Waals surface area contributed by atoms with E-state index in [1.807, 2.05) is 48.3 Å². The molecule has 0 unspecified atom stereocenters. The molecule has 0 saturated heterocycles. The minimum atomic E-state index is 0.710. The number of hydrogen-bond acceptors (Lipinski definition) is 2. The molecule has 19 heavy (non-hydrogen) atoms. The Morgan fingerprint density at radius 2 is 2.00 bits per heavy atom. The number of nitrogens with one attached hydrogen (secondary N) is 1. The van der Waals surface area contributed by atoms with Gasteiger partial charge in [-0.1, -0.05) is 41.9 Å². The summed E-state index contributed by atoms with van der Waals surface area (Å²) in [5.74, 6) is 0. The molecule has 0 bridgehead atoms. The molecule has 1 N–H and O–H groups in total. The highest BCUT2D eigenvalue weighted by Gasteiger charge is 2.12. The summed E-state index contributed by atoms with van der Waals surface area (Å²) in [6, 6.07) is 14.0. The average Bonchev–Trinajstić information content (AvgIpc) is 2.83. The Morgan fingerprint density at radius 3 is 2.84 bits per heavy atom. The van der Waals surface area contributed by atoms with Crippen LogP contribution in [0.15, 0.2) is 48.7 Å². The first-order valence-electron chi connectivity index (χ1n) is 6.16. The summed E-state index contributed by atoms with van der Waals surface area (Å²) in [5, 5.41) is 9.45. The van der Waals surface area contributed by atoms with Crippen LogP contribution in [0.2, 0.25) is 5.02 Å². The lowest BCUT2D eigenvalue weighted by Crippen LogP contribution is -2.10. The van der Waals surface area contributed by atoms with Crippen molar-refractivity contribution < 1.29 is 0 Å². The number of aromatic nitrogens is 2. The smallest absolute Gasteiger partial charge is 0.0883 e. The molecule has 0 aliphatic heterocycles. The molecule has 3 aromatic rings. The number of nitrogens with zero attached hydrogens (tertiary/aromatic N) is 2. The van der Waals surface area contributed by atoms with Crippen molar-refractivity contribution in [3.63, 3.8) is 0 Å². The highest BCUT2D eigenvalue weighted by atomic mass is 35.5. The second-order valence-electron chi connectivity index (χ2n) is 4.39. The number of halogens is 1. The lowest BCUT2D eigenvalue weighted by molar-refractivity contribution is 0.796. The van der Waals surface area contributed by atoms with Crippen molar-refractivity contribution in [2.24, 2.45) is 0 Å². The van der Waals surface area contributed by atoms with E-state index in [4.69, 9.17) is 11.6 Å². The normalized spacial score (nSPS) is 11.1. The Labute approximate surface area is 116 Å². The Kier molecular flexibility index (Phi) is 3.23. The van der Waals surface area contributed by atoms with E-state index in [9.17, 15) is 0 Å². The lowest BCUT2D eigenvalue weighted by atomic mass is 10.1. The summed E-state index contributed by atoms with van der Waals surface area (Å²) in [5.41, 5.74) is 3.14. The molecule has 0 saturated carbocycles. The Bertz CT molecular complexity index is 718. The second-order valence-corrected chi connectivity index (χ2v) is 4.80. The van der Waals surface area contributed by atoms with Crippen molar-refractivity contribution in [3.05, 3.63) is 59.2 Å². The van der Waals surface area contributed by atoms with Gasteiger partial charge in [0.1, 0.15) is 0 Å². The topological polar surface area (TPSA) is 29.9 Å². The minimum Gasteiger partial charge on any atom is -0.316 e. The van der Waals surface area contributed by atoms with Crippen LogP contribution in [0.25, 0.3) is 16.6 Å². The van der Waals surface area contributed by atoms with Crippen molar-refractivity contribution in [1.29, 1.82) is 0 Å². The van der Waals surface area contributed by atoms with Crippen LogP contribution in [-0.4, -0.2) is 16.8 Å². The third kappa shape index (κ3) is 2.11. The zero-order valence-electron chi connectivity index (χ0n) is 10.6. The van der Waals surface area contributed by atoms with Gasteiger partial charge >= 0.3 is 0 Å². The SMILES string of the molecule is CNCc1cccc(Cl)c1-n1ncc2ccccc21. The zero-order valence-corrected chi connectivity index (χ0v) is 11.4. The van der Waals surface area contributed by atoms with Gasteiger partial charge in [0.2, 0.25) is 0 Å². The van der Waals surface area contributed by atoms with Crippen molar-refractivity contribution in [2.45, 2.75) is 6.54 Å². The van der Waals surface area contributed by atoms with E-state index in [2.05, 4.69) is 22.5 Å². The molecule has 3 nitrogen and oxygen atoms in total. The molecule has 4 heteroatoms. The average molecular weight is 272 g/mol. The summed E-state index contributed by atoms with van der Waals surface area (Å²) in [6.07, 6.45) is 1.86. The largest absolute Gasteiger partial charge is 0.316 e. The number of para-hydroxylation sites is 2. The van der Waals surface area contributed by atoms with Gasteiger partial charge in [-0.25, -0.2) is 4.68 Å². The summed E-state index contributed by atoms with van der Waals surface area (Å²) >= 11 is 6.37. The molecular formula is C15H14ClN3. The fourth-order valence-corrected chi connectivity index (χ4v) is 2.55. The molecule has 0 aliphatic rings. The Balaban J connectivity index is 2.26. The van der Waals surface area contributed by atoms with Crippen molar-refractivity contribution >= 4 is 22.5 Å². The van der Waals surface area contributed by atoms with Gasteiger partial charge < -0.3 is 5.32 Å². The molecular weight excluding hydrogens is 258 g/mol. The fourth-order valence-electron chi connectivity index (χ4n) is 2.28. The van der Waals surface area contributed by atoms with Gasteiger partial charge in [0.15, 0.2) is 0 Å². The zero-order chi connectivity index (χ0) is 13.2. The van der Waals surface area contributed by atoms with Gasteiger partial charge in [-0.3, -0.25) is 0 Å². The fraction of sp³-hybridized carbons (Fsp3) is 0.133. The van der Waals surface area contributed by atoms with Gasteiger partial charge in [-0.15, -0.1) is 0 Å². The van der Waals surface area contributed by atoms with E-state index in [0.29, 0.717) is 5.02 Å². The van der Waals surface area contributed by atoms with Crippen molar-refractivity contribution in [3.8, 4) is 5.69 Å². The number of rotatable bonds is 3. The van der Waals surface area contributed by atoms with Crippen LogP contribution in [0.3, 0.4) is 0 Å². The first kappa shape index (κ1) is 12.2. The molecule has 0 fully saturated rings. The van der Waals surface area contributed by atoms with E-state index in [-0.39, 0.29) is 0 Å². The van der Waals surface area contributed by atoms with Gasteiger partial charge in [0.05, 0.1) is 22.4 Å². The first-order valence-corrected chi connectivity index (χ1v) is 6.54. The van der Waals surface area contributed by atoms with E-state index >= 15 is 0 Å².